The summed E-state index contributed by atoms with van der Waals surface area (Å²) >= 11 is 2.18. The molecular weight excluding hydrogens is 489 g/mol. The van der Waals surface area contributed by atoms with Crippen molar-refractivity contribution in [2.75, 3.05) is 18.1 Å². The second kappa shape index (κ2) is 9.64. The predicted octanol–water partition coefficient (Wildman–Crippen LogP) is 5.23. The second-order valence-corrected chi connectivity index (χ2v) is 9.08. The Kier molecular flexibility index (Phi) is 7.18. The number of anilines is 1. The predicted molar refractivity (Wildman–Crippen MR) is 132 cm³/mol. The molecule has 1 aliphatic rings. The zero-order valence-electron chi connectivity index (χ0n) is 17.9. The SMILES string of the molecule is CCCN1c2ccc(/C=N/NC(=O)COc3ccccc3I)cc2C(C)=CC1(C)C. The maximum atomic E-state index is 12.0. The fourth-order valence-corrected chi connectivity index (χ4v) is 4.27. The Hall–Kier alpha value is -2.35. The van der Waals surface area contributed by atoms with Crippen LogP contribution in [-0.2, 0) is 4.79 Å². The van der Waals surface area contributed by atoms with E-state index in [-0.39, 0.29) is 18.1 Å². The summed E-state index contributed by atoms with van der Waals surface area (Å²) in [5.41, 5.74) is 7.18. The molecule has 0 atom stereocenters. The average Bonchev–Trinajstić information content (AvgIpc) is 2.70. The molecule has 1 heterocycles. The van der Waals surface area contributed by atoms with Gasteiger partial charge in [-0.1, -0.05) is 31.2 Å². The number of amides is 1. The average molecular weight is 517 g/mol. The van der Waals surface area contributed by atoms with E-state index < -0.39 is 0 Å². The van der Waals surface area contributed by atoms with E-state index in [1.54, 1.807) is 6.21 Å². The van der Waals surface area contributed by atoms with Crippen LogP contribution in [0, 0.1) is 3.57 Å². The van der Waals surface area contributed by atoms with Crippen LogP contribution in [-0.4, -0.2) is 30.8 Å². The van der Waals surface area contributed by atoms with Crippen LogP contribution in [0.1, 0.15) is 45.2 Å². The first-order valence-corrected chi connectivity index (χ1v) is 11.2. The Morgan fingerprint density at radius 2 is 2.03 bits per heavy atom. The molecular formula is C24H28IN3O2. The van der Waals surface area contributed by atoms with Gasteiger partial charge in [-0.15, -0.1) is 0 Å². The molecule has 0 spiro atoms. The Balaban J connectivity index is 1.65. The molecule has 1 aliphatic heterocycles. The first kappa shape index (κ1) is 22.3. The third-order valence-electron chi connectivity index (χ3n) is 5.05. The largest absolute Gasteiger partial charge is 0.483 e. The van der Waals surface area contributed by atoms with Gasteiger partial charge in [-0.25, -0.2) is 5.43 Å². The number of allylic oxidation sites excluding steroid dienone is 1. The number of nitrogens with one attached hydrogen (secondary N) is 1. The van der Waals surface area contributed by atoms with Crippen LogP contribution in [0.5, 0.6) is 5.75 Å². The molecule has 3 rings (SSSR count). The van der Waals surface area contributed by atoms with Crippen molar-refractivity contribution in [3.05, 3.63) is 63.2 Å². The smallest absolute Gasteiger partial charge is 0.277 e. The molecule has 0 aliphatic carbocycles. The number of para-hydroxylation sites is 1. The highest BCUT2D eigenvalue weighted by Crippen LogP contribution is 2.39. The molecule has 1 amide bonds. The number of rotatable bonds is 7. The topological polar surface area (TPSA) is 53.9 Å². The van der Waals surface area contributed by atoms with Crippen molar-refractivity contribution in [2.45, 2.75) is 39.7 Å². The minimum Gasteiger partial charge on any atom is -0.483 e. The summed E-state index contributed by atoms with van der Waals surface area (Å²) < 4.78 is 6.50. The van der Waals surface area contributed by atoms with Crippen molar-refractivity contribution in [3.63, 3.8) is 0 Å². The lowest BCUT2D eigenvalue weighted by Gasteiger charge is -2.43. The molecule has 6 heteroatoms. The molecule has 0 bridgehead atoms. The van der Waals surface area contributed by atoms with Crippen molar-refractivity contribution < 1.29 is 9.53 Å². The van der Waals surface area contributed by atoms with E-state index in [2.05, 4.69) is 83.9 Å². The van der Waals surface area contributed by atoms with Gasteiger partial charge in [0.15, 0.2) is 6.61 Å². The number of ether oxygens (including phenoxy) is 1. The van der Waals surface area contributed by atoms with Gasteiger partial charge in [0, 0.05) is 17.8 Å². The fraction of sp³-hybridized carbons (Fsp3) is 0.333. The lowest BCUT2D eigenvalue weighted by molar-refractivity contribution is -0.123. The van der Waals surface area contributed by atoms with E-state index >= 15 is 0 Å². The molecule has 158 valence electrons. The minimum atomic E-state index is -0.296. The van der Waals surface area contributed by atoms with Gasteiger partial charge >= 0.3 is 0 Å². The Bertz CT molecular complexity index is 982. The second-order valence-electron chi connectivity index (χ2n) is 7.92. The van der Waals surface area contributed by atoms with Crippen LogP contribution in [0.25, 0.3) is 5.57 Å². The maximum absolute atomic E-state index is 12.0. The zero-order valence-corrected chi connectivity index (χ0v) is 20.1. The molecule has 0 radical (unpaired) electrons. The van der Waals surface area contributed by atoms with E-state index in [1.807, 2.05) is 30.3 Å². The number of carbonyl (C=O) groups is 1. The molecule has 1 N–H and O–H groups in total. The van der Waals surface area contributed by atoms with Gasteiger partial charge < -0.3 is 9.64 Å². The standard InChI is InChI=1S/C24H28IN3O2/c1-5-12-28-21-11-10-18(13-19(21)17(2)14-24(28,3)4)15-26-27-23(29)16-30-22-9-7-6-8-20(22)25/h6-11,13-15H,5,12,16H2,1-4H3,(H,27,29)/b26-15+. The van der Waals surface area contributed by atoms with Crippen LogP contribution in [0.3, 0.4) is 0 Å². The van der Waals surface area contributed by atoms with Crippen LogP contribution in [0.4, 0.5) is 5.69 Å². The number of hydrogen-bond acceptors (Lipinski definition) is 4. The van der Waals surface area contributed by atoms with Crippen molar-refractivity contribution >= 4 is 46.0 Å². The highest BCUT2D eigenvalue weighted by atomic mass is 127. The summed E-state index contributed by atoms with van der Waals surface area (Å²) in [5.74, 6) is 0.393. The fourth-order valence-electron chi connectivity index (χ4n) is 3.73. The lowest BCUT2D eigenvalue weighted by Crippen LogP contribution is -2.45. The monoisotopic (exact) mass is 517 g/mol. The number of benzene rings is 2. The first-order chi connectivity index (χ1) is 14.3. The molecule has 0 saturated carbocycles. The van der Waals surface area contributed by atoms with Crippen LogP contribution in [0.2, 0.25) is 0 Å². The van der Waals surface area contributed by atoms with E-state index in [0.717, 1.165) is 22.1 Å². The van der Waals surface area contributed by atoms with Gasteiger partial charge in [0.2, 0.25) is 0 Å². The number of hydrogen-bond donors (Lipinski definition) is 1. The molecule has 2 aromatic carbocycles. The maximum Gasteiger partial charge on any atom is 0.277 e. The van der Waals surface area contributed by atoms with Crippen molar-refractivity contribution in [3.8, 4) is 5.75 Å². The van der Waals surface area contributed by atoms with Gasteiger partial charge in [-0.2, -0.15) is 5.10 Å². The third-order valence-corrected chi connectivity index (χ3v) is 5.94. The van der Waals surface area contributed by atoms with E-state index in [0.29, 0.717) is 5.75 Å². The minimum absolute atomic E-state index is 0.00670. The van der Waals surface area contributed by atoms with Crippen LogP contribution >= 0.6 is 22.6 Å². The molecule has 0 aromatic heterocycles. The van der Waals surface area contributed by atoms with Gasteiger partial charge in [-0.05, 0) is 85.2 Å². The molecule has 0 saturated heterocycles. The lowest BCUT2D eigenvalue weighted by atomic mass is 9.88. The van der Waals surface area contributed by atoms with Crippen LogP contribution in [0.15, 0.2) is 53.6 Å². The first-order valence-electron chi connectivity index (χ1n) is 10.1. The number of halogens is 1. The summed E-state index contributed by atoms with van der Waals surface area (Å²) in [6.07, 6.45) is 5.08. The van der Waals surface area contributed by atoms with Crippen molar-refractivity contribution in [1.82, 2.24) is 5.43 Å². The van der Waals surface area contributed by atoms with Gasteiger partial charge in [0.05, 0.1) is 15.3 Å². The van der Waals surface area contributed by atoms with Crippen LogP contribution < -0.4 is 15.1 Å². The number of fused-ring (bicyclic) bond motifs is 1. The summed E-state index contributed by atoms with van der Waals surface area (Å²) in [5, 5.41) is 4.09. The molecule has 2 aromatic rings. The van der Waals surface area contributed by atoms with E-state index in [1.165, 1.54) is 16.8 Å². The quantitative estimate of drug-likeness (QED) is 0.311. The highest BCUT2D eigenvalue weighted by molar-refractivity contribution is 14.1. The van der Waals surface area contributed by atoms with Gasteiger partial charge in [-0.3, -0.25) is 4.79 Å². The van der Waals surface area contributed by atoms with Crippen molar-refractivity contribution in [1.29, 1.82) is 0 Å². The number of hydrazone groups is 1. The summed E-state index contributed by atoms with van der Waals surface area (Å²) in [6.45, 7) is 9.77. The summed E-state index contributed by atoms with van der Waals surface area (Å²) in [6, 6.07) is 13.9. The van der Waals surface area contributed by atoms with Gasteiger partial charge in [0.25, 0.3) is 5.91 Å². The molecule has 0 unspecified atom stereocenters. The molecule has 0 fully saturated rings. The third kappa shape index (κ3) is 5.22. The highest BCUT2D eigenvalue weighted by Gasteiger charge is 2.30. The normalized spacial score (nSPS) is 15.0. The zero-order chi connectivity index (χ0) is 21.7. The summed E-state index contributed by atoms with van der Waals surface area (Å²) in [7, 11) is 0. The number of carbonyl (C=O) groups excluding carboxylic acids is 1. The Morgan fingerprint density at radius 1 is 1.27 bits per heavy atom. The molecule has 5 nitrogen and oxygen atoms in total. The molecule has 30 heavy (non-hydrogen) atoms. The number of nitrogens with zero attached hydrogens (tertiary/aromatic N) is 2. The van der Waals surface area contributed by atoms with Gasteiger partial charge in [0.1, 0.15) is 5.75 Å². The Morgan fingerprint density at radius 3 is 2.77 bits per heavy atom. The van der Waals surface area contributed by atoms with E-state index in [4.69, 9.17) is 4.74 Å². The Labute approximate surface area is 192 Å². The summed E-state index contributed by atoms with van der Waals surface area (Å²) in [4.78, 5) is 14.5. The van der Waals surface area contributed by atoms with E-state index in [9.17, 15) is 4.79 Å². The van der Waals surface area contributed by atoms with Crippen molar-refractivity contribution in [2.24, 2.45) is 5.10 Å².